The van der Waals surface area contributed by atoms with Gasteiger partial charge in [0.25, 0.3) is 0 Å². The number of nitrogens with one attached hydrogen (secondary N) is 1. The summed E-state index contributed by atoms with van der Waals surface area (Å²) in [6.45, 7) is 3.74. The third-order valence-corrected chi connectivity index (χ3v) is 4.58. The first-order valence-corrected chi connectivity index (χ1v) is 7.14. The molecule has 1 aromatic carbocycles. The zero-order valence-electron chi connectivity index (χ0n) is 11.1. The molecule has 2 rings (SSSR count). The molecule has 0 unspecified atom stereocenters. The minimum Gasteiger partial charge on any atom is -0.317 e. The predicted octanol–water partition coefficient (Wildman–Crippen LogP) is 3.37. The molecule has 1 aromatic rings. The van der Waals surface area contributed by atoms with Crippen LogP contribution in [0.4, 0.5) is 4.39 Å². The smallest absolute Gasteiger partial charge is 0.143 e. The fourth-order valence-corrected chi connectivity index (χ4v) is 3.01. The SMILES string of the molecule is CCC1(C(=O)Cc2c(F)cccc2Cl)CCNCC1. The molecule has 0 spiro atoms. The van der Waals surface area contributed by atoms with Crippen molar-refractivity contribution in [2.24, 2.45) is 5.41 Å². The van der Waals surface area contributed by atoms with Crippen LogP contribution in [0, 0.1) is 11.2 Å². The van der Waals surface area contributed by atoms with E-state index in [1.54, 1.807) is 12.1 Å². The Kier molecular flexibility index (Phi) is 4.58. The standard InChI is InChI=1S/C15H19ClFNO/c1-2-15(6-8-18-9-7-15)14(19)10-11-12(16)4-3-5-13(11)17/h3-5,18H,2,6-10H2,1H3. The van der Waals surface area contributed by atoms with Crippen molar-refractivity contribution < 1.29 is 9.18 Å². The summed E-state index contributed by atoms with van der Waals surface area (Å²) in [5.74, 6) is -0.274. The van der Waals surface area contributed by atoms with Gasteiger partial charge in [-0.1, -0.05) is 24.6 Å². The largest absolute Gasteiger partial charge is 0.317 e. The number of benzene rings is 1. The lowest BCUT2D eigenvalue weighted by Crippen LogP contribution is -2.42. The molecule has 0 saturated carbocycles. The molecule has 1 N–H and O–H groups in total. The lowest BCUT2D eigenvalue weighted by atomic mass is 9.71. The second-order valence-corrected chi connectivity index (χ2v) is 5.59. The van der Waals surface area contributed by atoms with Gasteiger partial charge in [-0.05, 0) is 44.5 Å². The number of hydrogen-bond donors (Lipinski definition) is 1. The first kappa shape index (κ1) is 14.5. The molecule has 1 aliphatic heterocycles. The van der Waals surface area contributed by atoms with E-state index in [4.69, 9.17) is 11.6 Å². The maximum atomic E-state index is 13.8. The van der Waals surface area contributed by atoms with Crippen LogP contribution in [-0.2, 0) is 11.2 Å². The van der Waals surface area contributed by atoms with Crippen molar-refractivity contribution in [3.05, 3.63) is 34.6 Å². The highest BCUT2D eigenvalue weighted by molar-refractivity contribution is 6.31. The molecule has 0 aromatic heterocycles. The van der Waals surface area contributed by atoms with E-state index in [9.17, 15) is 9.18 Å². The van der Waals surface area contributed by atoms with Crippen LogP contribution in [0.25, 0.3) is 0 Å². The van der Waals surface area contributed by atoms with Crippen molar-refractivity contribution in [2.75, 3.05) is 13.1 Å². The molecule has 104 valence electrons. The van der Waals surface area contributed by atoms with Crippen LogP contribution in [-0.4, -0.2) is 18.9 Å². The number of Topliss-reactive ketones (excluding diaryl/α,β-unsaturated/α-hetero) is 1. The van der Waals surface area contributed by atoms with Gasteiger partial charge in [0.2, 0.25) is 0 Å². The van der Waals surface area contributed by atoms with Gasteiger partial charge in [0.1, 0.15) is 11.6 Å². The van der Waals surface area contributed by atoms with E-state index >= 15 is 0 Å². The van der Waals surface area contributed by atoms with E-state index in [0.717, 1.165) is 32.4 Å². The maximum absolute atomic E-state index is 13.8. The highest BCUT2D eigenvalue weighted by Gasteiger charge is 2.37. The van der Waals surface area contributed by atoms with Gasteiger partial charge < -0.3 is 5.32 Å². The van der Waals surface area contributed by atoms with Gasteiger partial charge >= 0.3 is 0 Å². The summed E-state index contributed by atoms with van der Waals surface area (Å²) in [6, 6.07) is 4.55. The lowest BCUT2D eigenvalue weighted by molar-refractivity contribution is -0.129. The van der Waals surface area contributed by atoms with Crippen molar-refractivity contribution >= 4 is 17.4 Å². The highest BCUT2D eigenvalue weighted by atomic mass is 35.5. The van der Waals surface area contributed by atoms with Crippen LogP contribution in [0.15, 0.2) is 18.2 Å². The molecule has 0 radical (unpaired) electrons. The molecule has 1 heterocycles. The van der Waals surface area contributed by atoms with Crippen molar-refractivity contribution in [3.63, 3.8) is 0 Å². The normalized spacial score (nSPS) is 18.3. The summed E-state index contributed by atoms with van der Waals surface area (Å²) < 4.78 is 13.8. The average molecular weight is 284 g/mol. The molecule has 2 nitrogen and oxygen atoms in total. The van der Waals surface area contributed by atoms with Crippen LogP contribution in [0.3, 0.4) is 0 Å². The van der Waals surface area contributed by atoms with Crippen LogP contribution in [0.5, 0.6) is 0 Å². The summed E-state index contributed by atoms with van der Waals surface area (Å²) in [6.07, 6.45) is 2.56. The summed E-state index contributed by atoms with van der Waals surface area (Å²) >= 11 is 6.00. The fraction of sp³-hybridized carbons (Fsp3) is 0.533. The molecule has 1 fully saturated rings. The molecule has 4 heteroatoms. The van der Waals surface area contributed by atoms with E-state index in [2.05, 4.69) is 5.32 Å². The first-order chi connectivity index (χ1) is 9.09. The summed E-state index contributed by atoms with van der Waals surface area (Å²) in [7, 11) is 0. The Morgan fingerprint density at radius 3 is 2.68 bits per heavy atom. The van der Waals surface area contributed by atoms with Crippen molar-refractivity contribution in [1.29, 1.82) is 0 Å². The molecular weight excluding hydrogens is 265 g/mol. The summed E-state index contributed by atoms with van der Waals surface area (Å²) in [4.78, 5) is 12.6. The zero-order chi connectivity index (χ0) is 13.9. The van der Waals surface area contributed by atoms with E-state index in [1.807, 2.05) is 6.92 Å². The van der Waals surface area contributed by atoms with Gasteiger partial charge in [-0.2, -0.15) is 0 Å². The number of piperidine rings is 1. The Bertz CT molecular complexity index is 449. The quantitative estimate of drug-likeness (QED) is 0.918. The summed E-state index contributed by atoms with van der Waals surface area (Å²) in [5, 5.41) is 3.60. The molecule has 19 heavy (non-hydrogen) atoms. The number of ketones is 1. The Hall–Kier alpha value is -0.930. The zero-order valence-corrected chi connectivity index (χ0v) is 11.9. The molecular formula is C15H19ClFNO. The summed E-state index contributed by atoms with van der Waals surface area (Å²) in [5.41, 5.74) is 0.0251. The Labute approximate surface area is 118 Å². The number of carbonyl (C=O) groups is 1. The topological polar surface area (TPSA) is 29.1 Å². The predicted molar refractivity (Wildman–Crippen MR) is 74.9 cm³/mol. The maximum Gasteiger partial charge on any atom is 0.143 e. The van der Waals surface area contributed by atoms with Gasteiger partial charge in [0, 0.05) is 22.4 Å². The first-order valence-electron chi connectivity index (χ1n) is 6.76. The molecule has 0 bridgehead atoms. The number of carbonyl (C=O) groups excluding carboxylic acids is 1. The molecule has 0 aliphatic carbocycles. The van der Waals surface area contributed by atoms with Gasteiger partial charge in [-0.15, -0.1) is 0 Å². The number of halogens is 2. The van der Waals surface area contributed by atoms with E-state index in [1.165, 1.54) is 6.07 Å². The highest BCUT2D eigenvalue weighted by Crippen LogP contribution is 2.35. The lowest BCUT2D eigenvalue weighted by Gasteiger charge is -2.35. The molecule has 1 saturated heterocycles. The van der Waals surface area contributed by atoms with Crippen LogP contribution < -0.4 is 5.32 Å². The van der Waals surface area contributed by atoms with Crippen molar-refractivity contribution in [1.82, 2.24) is 5.32 Å². The van der Waals surface area contributed by atoms with Gasteiger partial charge in [0.15, 0.2) is 0 Å². The molecule has 0 atom stereocenters. The Morgan fingerprint density at radius 1 is 1.42 bits per heavy atom. The van der Waals surface area contributed by atoms with Crippen LogP contribution >= 0.6 is 11.6 Å². The second-order valence-electron chi connectivity index (χ2n) is 5.18. The van der Waals surface area contributed by atoms with Gasteiger partial charge in [-0.3, -0.25) is 4.79 Å². The third-order valence-electron chi connectivity index (χ3n) is 4.23. The number of rotatable bonds is 4. The molecule has 1 aliphatic rings. The third kappa shape index (κ3) is 2.98. The van der Waals surface area contributed by atoms with Crippen molar-refractivity contribution in [3.8, 4) is 0 Å². The monoisotopic (exact) mass is 283 g/mol. The van der Waals surface area contributed by atoms with Gasteiger partial charge in [0.05, 0.1) is 0 Å². The van der Waals surface area contributed by atoms with E-state index in [0.29, 0.717) is 10.6 Å². The Balaban J connectivity index is 2.20. The average Bonchev–Trinajstić information content (AvgIpc) is 2.43. The Morgan fingerprint density at radius 2 is 2.11 bits per heavy atom. The van der Waals surface area contributed by atoms with Crippen LogP contribution in [0.2, 0.25) is 5.02 Å². The fourth-order valence-electron chi connectivity index (χ4n) is 2.78. The second kappa shape index (κ2) is 6.02. The molecule has 0 amide bonds. The van der Waals surface area contributed by atoms with E-state index < -0.39 is 0 Å². The minimum atomic E-state index is -0.388. The number of hydrogen-bond acceptors (Lipinski definition) is 2. The van der Waals surface area contributed by atoms with Crippen molar-refractivity contribution in [2.45, 2.75) is 32.6 Å². The van der Waals surface area contributed by atoms with E-state index in [-0.39, 0.29) is 23.4 Å². The van der Waals surface area contributed by atoms with Crippen LogP contribution in [0.1, 0.15) is 31.7 Å². The minimum absolute atomic E-state index is 0.0966. The van der Waals surface area contributed by atoms with Gasteiger partial charge in [-0.25, -0.2) is 4.39 Å².